The van der Waals surface area contributed by atoms with E-state index in [1.807, 2.05) is 0 Å². The lowest BCUT2D eigenvalue weighted by molar-refractivity contribution is 0.598. The number of rotatable bonds is 8. The van der Waals surface area contributed by atoms with Gasteiger partial charge in [0, 0.05) is 19.1 Å². The van der Waals surface area contributed by atoms with Crippen molar-refractivity contribution in [1.29, 1.82) is 0 Å². The van der Waals surface area contributed by atoms with E-state index in [9.17, 15) is 0 Å². The molecule has 0 aliphatic rings. The number of hydrogen-bond acceptors (Lipinski definition) is 2. The number of nitrogens with zero attached hydrogens (tertiary/aromatic N) is 1. The van der Waals surface area contributed by atoms with E-state index >= 15 is 0 Å². The van der Waals surface area contributed by atoms with Crippen LogP contribution in [-0.4, -0.2) is 19.6 Å². The topological polar surface area (TPSA) is 15.3 Å². The Balaban J connectivity index is 2.91. The van der Waals surface area contributed by atoms with E-state index in [0.717, 1.165) is 43.2 Å². The zero-order valence-electron chi connectivity index (χ0n) is 12.7. The minimum Gasteiger partial charge on any atom is -0.370 e. The van der Waals surface area contributed by atoms with Crippen molar-refractivity contribution in [2.24, 2.45) is 0 Å². The first-order valence-electron chi connectivity index (χ1n) is 7.41. The summed E-state index contributed by atoms with van der Waals surface area (Å²) in [6, 6.07) is 6.80. The summed E-state index contributed by atoms with van der Waals surface area (Å²) >= 11 is 6.47. The lowest BCUT2D eigenvalue weighted by Gasteiger charge is -2.25. The Hall–Kier alpha value is -0.730. The summed E-state index contributed by atoms with van der Waals surface area (Å²) in [5.74, 6) is 0. The SMILES string of the molecule is CCCN(CCC)c1ccc(C(C)NCC)cc1Cl. The van der Waals surface area contributed by atoms with E-state index in [2.05, 4.69) is 56.1 Å². The molecule has 3 heteroatoms. The highest BCUT2D eigenvalue weighted by atomic mass is 35.5. The Morgan fingerprint density at radius 1 is 1.16 bits per heavy atom. The van der Waals surface area contributed by atoms with Crippen molar-refractivity contribution in [1.82, 2.24) is 5.32 Å². The molecule has 1 unspecified atom stereocenters. The Labute approximate surface area is 123 Å². The molecule has 0 spiro atoms. The molecule has 0 fully saturated rings. The fraction of sp³-hybridized carbons (Fsp3) is 0.625. The monoisotopic (exact) mass is 282 g/mol. The Bertz CT molecular complexity index is 373. The van der Waals surface area contributed by atoms with Gasteiger partial charge < -0.3 is 10.2 Å². The third kappa shape index (κ3) is 4.70. The van der Waals surface area contributed by atoms with Crippen molar-refractivity contribution >= 4 is 17.3 Å². The van der Waals surface area contributed by atoms with Gasteiger partial charge in [-0.2, -0.15) is 0 Å². The molecule has 0 amide bonds. The first-order valence-corrected chi connectivity index (χ1v) is 7.79. The highest BCUT2D eigenvalue weighted by molar-refractivity contribution is 6.33. The molecular formula is C16H27ClN2. The van der Waals surface area contributed by atoms with Crippen LogP contribution in [0.4, 0.5) is 5.69 Å². The van der Waals surface area contributed by atoms with Crippen LogP contribution in [0.3, 0.4) is 0 Å². The standard InChI is InChI=1S/C16H27ClN2/c1-5-10-19(11-6-2)16-9-8-14(12-15(16)17)13(4)18-7-3/h8-9,12-13,18H,5-7,10-11H2,1-4H3. The molecule has 0 aromatic heterocycles. The number of nitrogens with one attached hydrogen (secondary N) is 1. The average molecular weight is 283 g/mol. The summed E-state index contributed by atoms with van der Waals surface area (Å²) < 4.78 is 0. The highest BCUT2D eigenvalue weighted by Gasteiger charge is 2.11. The van der Waals surface area contributed by atoms with Crippen molar-refractivity contribution in [2.45, 2.75) is 46.6 Å². The molecule has 0 saturated carbocycles. The van der Waals surface area contributed by atoms with Gasteiger partial charge in [-0.3, -0.25) is 0 Å². The van der Waals surface area contributed by atoms with Gasteiger partial charge in [-0.1, -0.05) is 38.4 Å². The minimum atomic E-state index is 0.349. The zero-order chi connectivity index (χ0) is 14.3. The van der Waals surface area contributed by atoms with Crippen LogP contribution in [-0.2, 0) is 0 Å². The Kier molecular flexibility index (Phi) is 7.25. The van der Waals surface area contributed by atoms with Gasteiger partial charge in [0.2, 0.25) is 0 Å². The largest absolute Gasteiger partial charge is 0.370 e. The molecule has 1 rings (SSSR count). The van der Waals surface area contributed by atoms with Gasteiger partial charge in [0.15, 0.2) is 0 Å². The van der Waals surface area contributed by atoms with E-state index in [4.69, 9.17) is 11.6 Å². The summed E-state index contributed by atoms with van der Waals surface area (Å²) in [6.07, 6.45) is 2.29. The lowest BCUT2D eigenvalue weighted by atomic mass is 10.1. The van der Waals surface area contributed by atoms with Crippen LogP contribution < -0.4 is 10.2 Å². The van der Waals surface area contributed by atoms with Crippen LogP contribution in [0.25, 0.3) is 0 Å². The quantitative estimate of drug-likeness (QED) is 0.747. The predicted molar refractivity (Wildman–Crippen MR) is 86.3 cm³/mol. The van der Waals surface area contributed by atoms with Crippen LogP contribution in [0.15, 0.2) is 18.2 Å². The summed E-state index contributed by atoms with van der Waals surface area (Å²) in [4.78, 5) is 2.38. The van der Waals surface area contributed by atoms with Crippen molar-refractivity contribution < 1.29 is 0 Å². The molecule has 1 aromatic rings. The molecule has 1 atom stereocenters. The summed E-state index contributed by atoms with van der Waals surface area (Å²) in [6.45, 7) is 11.8. The molecule has 0 radical (unpaired) electrons. The average Bonchev–Trinajstić information content (AvgIpc) is 2.39. The van der Waals surface area contributed by atoms with Crippen molar-refractivity contribution in [3.63, 3.8) is 0 Å². The van der Waals surface area contributed by atoms with Crippen LogP contribution in [0.1, 0.15) is 52.1 Å². The molecule has 0 aliphatic heterocycles. The summed E-state index contributed by atoms with van der Waals surface area (Å²) in [5, 5.41) is 4.28. The Morgan fingerprint density at radius 2 is 1.79 bits per heavy atom. The Morgan fingerprint density at radius 3 is 2.26 bits per heavy atom. The van der Waals surface area contributed by atoms with Crippen LogP contribution in [0, 0.1) is 0 Å². The number of benzene rings is 1. The fourth-order valence-electron chi connectivity index (χ4n) is 2.37. The molecule has 1 N–H and O–H groups in total. The molecule has 2 nitrogen and oxygen atoms in total. The molecule has 0 heterocycles. The predicted octanol–water partition coefficient (Wildman–Crippen LogP) is 4.64. The van der Waals surface area contributed by atoms with Crippen molar-refractivity contribution in [2.75, 3.05) is 24.5 Å². The van der Waals surface area contributed by atoms with Gasteiger partial charge in [-0.15, -0.1) is 0 Å². The van der Waals surface area contributed by atoms with Gasteiger partial charge >= 0.3 is 0 Å². The van der Waals surface area contributed by atoms with Gasteiger partial charge in [-0.05, 0) is 44.0 Å². The molecule has 0 aliphatic carbocycles. The van der Waals surface area contributed by atoms with Crippen LogP contribution >= 0.6 is 11.6 Å². The van der Waals surface area contributed by atoms with Crippen LogP contribution in [0.2, 0.25) is 5.02 Å². The number of halogens is 1. The van der Waals surface area contributed by atoms with Crippen molar-refractivity contribution in [3.8, 4) is 0 Å². The molecular weight excluding hydrogens is 256 g/mol. The van der Waals surface area contributed by atoms with Gasteiger partial charge in [-0.25, -0.2) is 0 Å². The highest BCUT2D eigenvalue weighted by Crippen LogP contribution is 2.29. The maximum absolute atomic E-state index is 6.47. The second-order valence-electron chi connectivity index (χ2n) is 4.98. The lowest BCUT2D eigenvalue weighted by Crippen LogP contribution is -2.25. The smallest absolute Gasteiger partial charge is 0.0642 e. The first kappa shape index (κ1) is 16.3. The first-order chi connectivity index (χ1) is 9.13. The molecule has 0 bridgehead atoms. The van der Waals surface area contributed by atoms with E-state index in [-0.39, 0.29) is 0 Å². The maximum atomic E-state index is 6.47. The summed E-state index contributed by atoms with van der Waals surface area (Å²) in [7, 11) is 0. The maximum Gasteiger partial charge on any atom is 0.0642 e. The fourth-order valence-corrected chi connectivity index (χ4v) is 2.67. The molecule has 19 heavy (non-hydrogen) atoms. The van der Waals surface area contributed by atoms with E-state index in [1.54, 1.807) is 0 Å². The third-order valence-corrected chi connectivity index (χ3v) is 3.61. The normalized spacial score (nSPS) is 12.5. The van der Waals surface area contributed by atoms with Gasteiger partial charge in [0.1, 0.15) is 0 Å². The number of hydrogen-bond donors (Lipinski definition) is 1. The zero-order valence-corrected chi connectivity index (χ0v) is 13.4. The van der Waals surface area contributed by atoms with Crippen LogP contribution in [0.5, 0.6) is 0 Å². The van der Waals surface area contributed by atoms with E-state index in [0.29, 0.717) is 6.04 Å². The molecule has 0 saturated heterocycles. The molecule has 108 valence electrons. The van der Waals surface area contributed by atoms with Gasteiger partial charge in [0.25, 0.3) is 0 Å². The minimum absolute atomic E-state index is 0.349. The van der Waals surface area contributed by atoms with E-state index in [1.165, 1.54) is 5.56 Å². The van der Waals surface area contributed by atoms with E-state index < -0.39 is 0 Å². The van der Waals surface area contributed by atoms with Gasteiger partial charge in [0.05, 0.1) is 10.7 Å². The number of anilines is 1. The second-order valence-corrected chi connectivity index (χ2v) is 5.38. The van der Waals surface area contributed by atoms with Crippen molar-refractivity contribution in [3.05, 3.63) is 28.8 Å². The second kappa shape index (κ2) is 8.44. The third-order valence-electron chi connectivity index (χ3n) is 3.31. The molecule has 1 aromatic carbocycles. The summed E-state index contributed by atoms with van der Waals surface area (Å²) in [5.41, 5.74) is 2.42.